The molecule has 0 aromatic heterocycles. The zero-order chi connectivity index (χ0) is 18.4. The van der Waals surface area contributed by atoms with Gasteiger partial charge in [0.15, 0.2) is 5.12 Å². The first-order valence-electron chi connectivity index (χ1n) is 9.40. The zero-order valence-electron chi connectivity index (χ0n) is 15.0. The molecule has 26 heavy (non-hydrogen) atoms. The lowest BCUT2D eigenvalue weighted by molar-refractivity contribution is -0.141. The highest BCUT2D eigenvalue weighted by atomic mass is 32.2. The van der Waals surface area contributed by atoms with Crippen LogP contribution in [0.2, 0.25) is 0 Å². The van der Waals surface area contributed by atoms with E-state index in [0.29, 0.717) is 18.7 Å². The third-order valence-electron chi connectivity index (χ3n) is 5.15. The van der Waals surface area contributed by atoms with Crippen molar-refractivity contribution in [1.29, 1.82) is 0 Å². The number of nitrogens with one attached hydrogen (secondary N) is 1. The molecule has 1 N–H and O–H groups in total. The fourth-order valence-corrected chi connectivity index (χ4v) is 4.68. The zero-order valence-corrected chi connectivity index (χ0v) is 15.8. The fourth-order valence-electron chi connectivity index (χ4n) is 3.71. The molecule has 1 aliphatic heterocycles. The van der Waals surface area contributed by atoms with Crippen LogP contribution in [0.15, 0.2) is 30.3 Å². The predicted octanol–water partition coefficient (Wildman–Crippen LogP) is 2.40. The van der Waals surface area contributed by atoms with Crippen LogP contribution in [0.25, 0.3) is 0 Å². The van der Waals surface area contributed by atoms with Crippen LogP contribution in [0.3, 0.4) is 0 Å². The normalized spacial score (nSPS) is 20.3. The molecule has 0 spiro atoms. The molecule has 1 heterocycles. The smallest absolute Gasteiger partial charge is 0.239 e. The van der Waals surface area contributed by atoms with Crippen LogP contribution in [0.4, 0.5) is 0 Å². The Morgan fingerprint density at radius 2 is 1.88 bits per heavy atom. The SMILES string of the molecule is O=C(CN(C(=O)[C@H]1CSC(=O)C1)C1CCCC1)NCCc1ccccc1. The highest BCUT2D eigenvalue weighted by Gasteiger charge is 2.36. The van der Waals surface area contributed by atoms with E-state index in [-0.39, 0.29) is 35.4 Å². The van der Waals surface area contributed by atoms with Gasteiger partial charge in [0.25, 0.3) is 0 Å². The maximum absolute atomic E-state index is 12.9. The number of benzene rings is 1. The van der Waals surface area contributed by atoms with Gasteiger partial charge in [0.2, 0.25) is 11.8 Å². The molecule has 5 nitrogen and oxygen atoms in total. The van der Waals surface area contributed by atoms with Gasteiger partial charge in [0, 0.05) is 24.8 Å². The largest absolute Gasteiger partial charge is 0.354 e. The molecule has 0 unspecified atom stereocenters. The Balaban J connectivity index is 1.53. The van der Waals surface area contributed by atoms with Crippen LogP contribution < -0.4 is 5.32 Å². The third kappa shape index (κ3) is 5.10. The van der Waals surface area contributed by atoms with Gasteiger partial charge in [-0.25, -0.2) is 0 Å². The summed E-state index contributed by atoms with van der Waals surface area (Å²) in [6.45, 7) is 0.668. The Hall–Kier alpha value is -1.82. The number of nitrogens with zero attached hydrogens (tertiary/aromatic N) is 1. The van der Waals surface area contributed by atoms with Crippen molar-refractivity contribution in [3.8, 4) is 0 Å². The van der Waals surface area contributed by atoms with E-state index in [9.17, 15) is 14.4 Å². The van der Waals surface area contributed by atoms with Gasteiger partial charge in [0.05, 0.1) is 12.5 Å². The summed E-state index contributed by atoms with van der Waals surface area (Å²) in [6, 6.07) is 10.2. The van der Waals surface area contributed by atoms with Gasteiger partial charge < -0.3 is 10.2 Å². The molecule has 1 aromatic rings. The van der Waals surface area contributed by atoms with Crippen LogP contribution in [-0.4, -0.2) is 46.7 Å². The highest BCUT2D eigenvalue weighted by Crippen LogP contribution is 2.30. The second kappa shape index (κ2) is 9.21. The number of hydrogen-bond acceptors (Lipinski definition) is 4. The topological polar surface area (TPSA) is 66.5 Å². The molecule has 1 aliphatic carbocycles. The third-order valence-corrected chi connectivity index (χ3v) is 6.21. The van der Waals surface area contributed by atoms with Crippen molar-refractivity contribution in [2.45, 2.75) is 44.6 Å². The predicted molar refractivity (Wildman–Crippen MR) is 103 cm³/mol. The van der Waals surface area contributed by atoms with Crippen molar-refractivity contribution in [1.82, 2.24) is 10.2 Å². The van der Waals surface area contributed by atoms with Crippen LogP contribution in [0, 0.1) is 5.92 Å². The monoisotopic (exact) mass is 374 g/mol. The first-order valence-corrected chi connectivity index (χ1v) is 10.4. The number of thioether (sulfide) groups is 1. The maximum Gasteiger partial charge on any atom is 0.239 e. The van der Waals surface area contributed by atoms with E-state index >= 15 is 0 Å². The molecule has 1 atom stereocenters. The standard InChI is InChI=1S/C20H26N2O3S/c23-18(21-11-10-15-6-2-1-3-7-15)13-22(17-8-4-5-9-17)20(25)16-12-19(24)26-14-16/h1-3,6-7,16-17H,4-5,8-14H2,(H,21,23)/t16-/m1/s1. The molecule has 2 amide bonds. The van der Waals surface area contributed by atoms with Gasteiger partial charge in [0.1, 0.15) is 0 Å². The molecule has 2 aliphatic rings. The minimum atomic E-state index is -0.259. The Morgan fingerprint density at radius 3 is 2.54 bits per heavy atom. The van der Waals surface area contributed by atoms with E-state index in [2.05, 4.69) is 5.32 Å². The summed E-state index contributed by atoms with van der Waals surface area (Å²) in [5.74, 6) is 0.160. The lowest BCUT2D eigenvalue weighted by atomic mass is 10.1. The van der Waals surface area contributed by atoms with Crippen molar-refractivity contribution >= 4 is 28.7 Å². The van der Waals surface area contributed by atoms with Crippen LogP contribution in [0.5, 0.6) is 0 Å². The van der Waals surface area contributed by atoms with Gasteiger partial charge in [-0.2, -0.15) is 0 Å². The van der Waals surface area contributed by atoms with Gasteiger partial charge in [-0.15, -0.1) is 0 Å². The lowest BCUT2D eigenvalue weighted by Gasteiger charge is -2.30. The minimum Gasteiger partial charge on any atom is -0.354 e. The molecule has 0 bridgehead atoms. The molecule has 1 saturated carbocycles. The minimum absolute atomic E-state index is 0.0199. The Morgan fingerprint density at radius 1 is 1.15 bits per heavy atom. The van der Waals surface area contributed by atoms with Gasteiger partial charge in [-0.3, -0.25) is 14.4 Å². The average Bonchev–Trinajstić information content (AvgIpc) is 3.32. The molecular formula is C20H26N2O3S. The first-order chi connectivity index (χ1) is 12.6. The summed E-state index contributed by atoms with van der Waals surface area (Å²) in [5.41, 5.74) is 1.18. The van der Waals surface area contributed by atoms with E-state index in [1.807, 2.05) is 30.3 Å². The highest BCUT2D eigenvalue weighted by molar-refractivity contribution is 8.14. The molecule has 1 saturated heterocycles. The summed E-state index contributed by atoms with van der Waals surface area (Å²) in [4.78, 5) is 38.6. The summed E-state index contributed by atoms with van der Waals surface area (Å²) in [5, 5.41) is 3.02. The van der Waals surface area contributed by atoms with Crippen LogP contribution in [-0.2, 0) is 20.8 Å². The van der Waals surface area contributed by atoms with Crippen molar-refractivity contribution < 1.29 is 14.4 Å². The van der Waals surface area contributed by atoms with Crippen molar-refractivity contribution in [3.63, 3.8) is 0 Å². The number of hydrogen-bond donors (Lipinski definition) is 1. The number of rotatable bonds is 7. The number of carbonyl (C=O) groups is 3. The average molecular weight is 375 g/mol. The van der Waals surface area contributed by atoms with Gasteiger partial charge in [-0.1, -0.05) is 54.9 Å². The van der Waals surface area contributed by atoms with Crippen LogP contribution in [0.1, 0.15) is 37.7 Å². The summed E-state index contributed by atoms with van der Waals surface area (Å²) < 4.78 is 0. The molecular weight excluding hydrogens is 348 g/mol. The molecule has 2 fully saturated rings. The number of carbonyl (C=O) groups excluding carboxylic acids is 3. The summed E-state index contributed by atoms with van der Waals surface area (Å²) >= 11 is 1.24. The quantitative estimate of drug-likeness (QED) is 0.796. The maximum atomic E-state index is 12.9. The van der Waals surface area contributed by atoms with Crippen molar-refractivity contribution in [2.75, 3.05) is 18.8 Å². The summed E-state index contributed by atoms with van der Waals surface area (Å²) in [6.07, 6.45) is 5.19. The van der Waals surface area contributed by atoms with Crippen molar-refractivity contribution in [3.05, 3.63) is 35.9 Å². The van der Waals surface area contributed by atoms with E-state index in [1.165, 1.54) is 17.3 Å². The van der Waals surface area contributed by atoms with Crippen LogP contribution >= 0.6 is 11.8 Å². The molecule has 140 valence electrons. The molecule has 6 heteroatoms. The van der Waals surface area contributed by atoms with E-state index < -0.39 is 0 Å². The second-order valence-electron chi connectivity index (χ2n) is 7.07. The van der Waals surface area contributed by atoms with Crippen molar-refractivity contribution in [2.24, 2.45) is 5.92 Å². The Kier molecular flexibility index (Phi) is 6.72. The summed E-state index contributed by atoms with van der Waals surface area (Å²) in [7, 11) is 0. The Labute approximate surface area is 158 Å². The Bertz CT molecular complexity index is 644. The second-order valence-corrected chi connectivity index (χ2v) is 8.15. The number of amides is 2. The fraction of sp³-hybridized carbons (Fsp3) is 0.550. The first kappa shape index (κ1) is 19.0. The van der Waals surface area contributed by atoms with Gasteiger partial charge in [-0.05, 0) is 24.8 Å². The van der Waals surface area contributed by atoms with Gasteiger partial charge >= 0.3 is 0 Å². The molecule has 1 aromatic carbocycles. The van der Waals surface area contributed by atoms with E-state index in [1.54, 1.807) is 4.90 Å². The molecule has 0 radical (unpaired) electrons. The molecule has 3 rings (SSSR count). The lowest BCUT2D eigenvalue weighted by Crippen LogP contribution is -2.48. The van der Waals surface area contributed by atoms with E-state index in [4.69, 9.17) is 0 Å². The van der Waals surface area contributed by atoms with E-state index in [0.717, 1.165) is 32.1 Å².